The van der Waals surface area contributed by atoms with Crippen LogP contribution in [0, 0.1) is 0 Å². The van der Waals surface area contributed by atoms with Crippen molar-refractivity contribution in [3.63, 3.8) is 0 Å². The van der Waals surface area contributed by atoms with E-state index in [1.165, 1.54) is 12.1 Å². The molecule has 4 aromatic rings. The number of benzene rings is 3. The van der Waals surface area contributed by atoms with Crippen molar-refractivity contribution in [2.75, 3.05) is 5.32 Å². The van der Waals surface area contributed by atoms with E-state index in [4.69, 9.17) is 0 Å². The van der Waals surface area contributed by atoms with Crippen LogP contribution in [0.4, 0.5) is 5.82 Å². The van der Waals surface area contributed by atoms with Gasteiger partial charge in [-0.3, -0.25) is 9.89 Å². The van der Waals surface area contributed by atoms with E-state index >= 15 is 0 Å². The van der Waals surface area contributed by atoms with Crippen molar-refractivity contribution in [2.24, 2.45) is 0 Å². The number of aromatic nitrogens is 2. The van der Waals surface area contributed by atoms with Crippen LogP contribution in [-0.4, -0.2) is 24.5 Å². The summed E-state index contributed by atoms with van der Waals surface area (Å²) in [4.78, 5) is 12.7. The third kappa shape index (κ3) is 3.20. The number of hydrogen-bond acceptors (Lipinski definition) is 4. The van der Waals surface area contributed by atoms with E-state index in [0.717, 1.165) is 0 Å². The lowest BCUT2D eigenvalue weighted by atomic mass is 10.2. The molecule has 2 N–H and O–H groups in total. The average Bonchev–Trinajstić information content (AvgIpc) is 3.11. The van der Waals surface area contributed by atoms with E-state index in [2.05, 4.69) is 15.5 Å². The third-order valence-corrected chi connectivity index (χ3v) is 5.93. The first kappa shape index (κ1) is 17.0. The maximum atomic E-state index is 12.8. The summed E-state index contributed by atoms with van der Waals surface area (Å²) in [6.45, 7) is 0. The molecule has 0 saturated heterocycles. The highest BCUT2D eigenvalue weighted by atomic mass is 32.2. The molecule has 6 nitrogen and oxygen atoms in total. The molecule has 7 heteroatoms. The molecule has 0 bridgehead atoms. The van der Waals surface area contributed by atoms with Crippen molar-refractivity contribution in [3.8, 4) is 0 Å². The molecule has 27 heavy (non-hydrogen) atoms. The van der Waals surface area contributed by atoms with E-state index in [9.17, 15) is 13.2 Å². The van der Waals surface area contributed by atoms with Crippen molar-refractivity contribution in [2.45, 2.75) is 9.79 Å². The molecule has 0 aliphatic heterocycles. The fourth-order valence-corrected chi connectivity index (χ4v) is 4.07. The quantitative estimate of drug-likeness (QED) is 0.568. The van der Waals surface area contributed by atoms with Gasteiger partial charge in [-0.05, 0) is 42.5 Å². The number of carbonyl (C=O) groups excluding carboxylic acids is 1. The average molecular weight is 377 g/mol. The predicted octanol–water partition coefficient (Wildman–Crippen LogP) is 3.65. The van der Waals surface area contributed by atoms with Crippen molar-refractivity contribution in [1.29, 1.82) is 0 Å². The smallest absolute Gasteiger partial charge is 0.256 e. The lowest BCUT2D eigenvalue weighted by Crippen LogP contribution is -2.12. The number of anilines is 1. The van der Waals surface area contributed by atoms with Gasteiger partial charge in [-0.2, -0.15) is 5.10 Å². The number of carbonyl (C=O) groups is 1. The lowest BCUT2D eigenvalue weighted by molar-refractivity contribution is 0.102. The zero-order valence-corrected chi connectivity index (χ0v) is 14.9. The molecule has 1 heterocycles. The van der Waals surface area contributed by atoms with E-state index in [0.29, 0.717) is 16.5 Å². The Labute approximate surface area is 155 Å². The Balaban J connectivity index is 1.73. The van der Waals surface area contributed by atoms with Gasteiger partial charge in [-0.25, -0.2) is 8.42 Å². The summed E-state index contributed by atoms with van der Waals surface area (Å²) in [5.41, 5.74) is 1.12. The van der Waals surface area contributed by atoms with Gasteiger partial charge < -0.3 is 5.32 Å². The van der Waals surface area contributed by atoms with Crippen LogP contribution in [0.15, 0.2) is 88.7 Å². The van der Waals surface area contributed by atoms with Crippen LogP contribution in [0.2, 0.25) is 0 Å². The van der Waals surface area contributed by atoms with Gasteiger partial charge in [-0.1, -0.05) is 36.4 Å². The van der Waals surface area contributed by atoms with Crippen LogP contribution in [0.5, 0.6) is 0 Å². The Morgan fingerprint density at radius 3 is 2.22 bits per heavy atom. The molecule has 0 aliphatic carbocycles. The van der Waals surface area contributed by atoms with Gasteiger partial charge >= 0.3 is 0 Å². The zero-order valence-electron chi connectivity index (χ0n) is 14.1. The minimum absolute atomic E-state index is 0.137. The molecule has 0 atom stereocenters. The molecule has 3 aromatic carbocycles. The fraction of sp³-hybridized carbons (Fsp3) is 0. The number of hydrogen-bond donors (Lipinski definition) is 2. The van der Waals surface area contributed by atoms with Crippen molar-refractivity contribution >= 4 is 32.5 Å². The number of H-pyrrole nitrogens is 1. The van der Waals surface area contributed by atoms with Crippen LogP contribution in [-0.2, 0) is 9.84 Å². The second-order valence-electron chi connectivity index (χ2n) is 5.92. The molecule has 1 amide bonds. The van der Waals surface area contributed by atoms with Gasteiger partial charge in [0.15, 0.2) is 5.82 Å². The Bertz CT molecular complexity index is 1220. The third-order valence-electron chi connectivity index (χ3n) is 4.17. The molecule has 0 fully saturated rings. The van der Waals surface area contributed by atoms with E-state index < -0.39 is 9.84 Å². The minimum atomic E-state index is -3.66. The second kappa shape index (κ2) is 6.69. The molecule has 0 radical (unpaired) electrons. The van der Waals surface area contributed by atoms with Crippen LogP contribution >= 0.6 is 0 Å². The fourth-order valence-electron chi connectivity index (χ4n) is 2.76. The maximum Gasteiger partial charge on any atom is 0.256 e. The van der Waals surface area contributed by atoms with E-state index in [-0.39, 0.29) is 21.5 Å². The summed E-state index contributed by atoms with van der Waals surface area (Å²) < 4.78 is 25.7. The highest BCUT2D eigenvalue weighted by molar-refractivity contribution is 7.91. The van der Waals surface area contributed by atoms with Gasteiger partial charge in [0.05, 0.1) is 15.3 Å². The van der Waals surface area contributed by atoms with Crippen molar-refractivity contribution in [3.05, 3.63) is 84.4 Å². The Kier molecular flexibility index (Phi) is 4.21. The molecule has 0 saturated carbocycles. The highest BCUT2D eigenvalue weighted by Crippen LogP contribution is 2.27. The molecule has 0 unspecified atom stereocenters. The normalized spacial score (nSPS) is 11.4. The van der Waals surface area contributed by atoms with Crippen molar-refractivity contribution in [1.82, 2.24) is 10.2 Å². The number of fused-ring (bicyclic) bond motifs is 1. The summed E-state index contributed by atoms with van der Waals surface area (Å²) in [5, 5.41) is 10.2. The first-order chi connectivity index (χ1) is 13.1. The first-order valence-electron chi connectivity index (χ1n) is 8.20. The summed E-state index contributed by atoms with van der Waals surface area (Å²) in [7, 11) is -3.66. The number of sulfone groups is 1. The van der Waals surface area contributed by atoms with E-state index in [1.54, 1.807) is 60.7 Å². The van der Waals surface area contributed by atoms with Gasteiger partial charge in [0.2, 0.25) is 9.84 Å². The van der Waals surface area contributed by atoms with Gasteiger partial charge in [0, 0.05) is 10.9 Å². The Morgan fingerprint density at radius 1 is 0.852 bits per heavy atom. The molecular formula is C20H15N3O3S. The van der Waals surface area contributed by atoms with Crippen LogP contribution in [0.25, 0.3) is 10.9 Å². The Hall–Kier alpha value is -3.45. The summed E-state index contributed by atoms with van der Waals surface area (Å²) in [6, 6.07) is 21.6. The maximum absolute atomic E-state index is 12.8. The number of nitrogens with zero attached hydrogens (tertiary/aromatic N) is 1. The van der Waals surface area contributed by atoms with Crippen molar-refractivity contribution < 1.29 is 13.2 Å². The summed E-state index contributed by atoms with van der Waals surface area (Å²) in [6.07, 6.45) is 0. The number of rotatable bonds is 4. The monoisotopic (exact) mass is 377 g/mol. The standard InChI is InChI=1S/C20H15N3O3S/c24-20(14-7-3-1-4-8-14)21-19-17-13-16(11-12-18(17)22-23-19)27(25,26)15-9-5-2-6-10-15/h1-13H,(H2,21,22,23,24). The molecule has 0 spiro atoms. The number of aromatic amines is 1. The highest BCUT2D eigenvalue weighted by Gasteiger charge is 2.19. The molecule has 0 aliphatic rings. The lowest BCUT2D eigenvalue weighted by Gasteiger charge is -2.06. The largest absolute Gasteiger partial charge is 0.305 e. The van der Waals surface area contributed by atoms with Crippen LogP contribution in [0.3, 0.4) is 0 Å². The van der Waals surface area contributed by atoms with Gasteiger partial charge in [-0.15, -0.1) is 0 Å². The summed E-state index contributed by atoms with van der Waals surface area (Å²) in [5.74, 6) is -0.0377. The molecule has 134 valence electrons. The number of nitrogens with one attached hydrogen (secondary N) is 2. The minimum Gasteiger partial charge on any atom is -0.305 e. The first-order valence-corrected chi connectivity index (χ1v) is 9.69. The Morgan fingerprint density at radius 2 is 1.52 bits per heavy atom. The van der Waals surface area contributed by atoms with Gasteiger partial charge in [0.1, 0.15) is 0 Å². The summed E-state index contributed by atoms with van der Waals surface area (Å²) >= 11 is 0. The predicted molar refractivity (Wildman–Crippen MR) is 102 cm³/mol. The SMILES string of the molecule is O=C(Nc1n[nH]c2ccc(S(=O)(=O)c3ccccc3)cc12)c1ccccc1. The molecule has 4 rings (SSSR count). The topological polar surface area (TPSA) is 91.9 Å². The zero-order chi connectivity index (χ0) is 18.9. The number of amides is 1. The molecular weight excluding hydrogens is 362 g/mol. The molecule has 1 aromatic heterocycles. The van der Waals surface area contributed by atoms with Crippen LogP contribution in [0.1, 0.15) is 10.4 Å². The van der Waals surface area contributed by atoms with E-state index in [1.807, 2.05) is 6.07 Å². The van der Waals surface area contributed by atoms with Crippen LogP contribution < -0.4 is 5.32 Å². The second-order valence-corrected chi connectivity index (χ2v) is 7.87. The van der Waals surface area contributed by atoms with Gasteiger partial charge in [0.25, 0.3) is 5.91 Å².